The molecule has 0 unspecified atom stereocenters. The summed E-state index contributed by atoms with van der Waals surface area (Å²) in [6, 6.07) is 4.46. The van der Waals surface area contributed by atoms with Gasteiger partial charge in [0.25, 0.3) is 0 Å². The number of likely N-dealkylation sites (tertiary alicyclic amines) is 2. The van der Waals surface area contributed by atoms with Gasteiger partial charge in [-0.3, -0.25) is 14.5 Å². The van der Waals surface area contributed by atoms with Crippen molar-refractivity contribution in [2.75, 3.05) is 37.6 Å². The van der Waals surface area contributed by atoms with Gasteiger partial charge in [0.1, 0.15) is 5.82 Å². The molecule has 0 saturated carbocycles. The van der Waals surface area contributed by atoms with Crippen molar-refractivity contribution in [3.05, 3.63) is 24.2 Å². The van der Waals surface area contributed by atoms with Gasteiger partial charge >= 0.3 is 0 Å². The third-order valence-corrected chi connectivity index (χ3v) is 7.62. The second-order valence-electron chi connectivity index (χ2n) is 9.66. The van der Waals surface area contributed by atoms with Gasteiger partial charge < -0.3 is 20.1 Å². The molecule has 5 heterocycles. The van der Waals surface area contributed by atoms with Crippen LogP contribution in [0.5, 0.6) is 0 Å². The predicted molar refractivity (Wildman–Crippen MR) is 126 cm³/mol. The van der Waals surface area contributed by atoms with Crippen molar-refractivity contribution in [2.45, 2.75) is 57.5 Å². The highest BCUT2D eigenvalue weighted by Gasteiger charge is 2.37. The van der Waals surface area contributed by atoms with Gasteiger partial charge in [-0.05, 0) is 57.2 Å². The summed E-state index contributed by atoms with van der Waals surface area (Å²) in [4.78, 5) is 39.0. The third-order valence-electron chi connectivity index (χ3n) is 7.62. The number of nitrogens with two attached hydrogens (primary N) is 1. The molecule has 0 aliphatic carbocycles. The first-order valence-electron chi connectivity index (χ1n) is 12.3. The quantitative estimate of drug-likeness (QED) is 0.708. The monoisotopic (exact) mass is 467 g/mol. The summed E-state index contributed by atoms with van der Waals surface area (Å²) in [6.07, 6.45) is 7.34. The number of nitrogens with zero attached hydrogens (tertiary/aromatic N) is 6. The average Bonchev–Trinajstić information content (AvgIpc) is 3.54. The number of amides is 2. The van der Waals surface area contributed by atoms with Crippen LogP contribution in [0.25, 0.3) is 11.4 Å². The highest BCUT2D eigenvalue weighted by molar-refractivity contribution is 5.77. The first-order valence-corrected chi connectivity index (χ1v) is 12.3. The molecule has 2 amide bonds. The number of aromatic nitrogens is 3. The Morgan fingerprint density at radius 1 is 1.06 bits per heavy atom. The zero-order valence-electron chi connectivity index (χ0n) is 19.7. The fraction of sp³-hybridized carbons (Fsp3) is 0.625. The van der Waals surface area contributed by atoms with Gasteiger partial charge in [0, 0.05) is 56.8 Å². The molecule has 0 aromatic carbocycles. The van der Waals surface area contributed by atoms with Crippen molar-refractivity contribution >= 4 is 17.6 Å². The SMILES string of the molecule is CC(=O)N1CCC(N2CCC[C@H]2c2nc(-c3ccnc(N4CCC(C(N)=O)CC4)c3)no2)CC1. The van der Waals surface area contributed by atoms with Crippen LogP contribution in [0.3, 0.4) is 0 Å². The number of anilines is 1. The molecule has 0 spiro atoms. The number of carbonyl (C=O) groups excluding carboxylic acids is 2. The van der Waals surface area contributed by atoms with E-state index in [4.69, 9.17) is 15.2 Å². The van der Waals surface area contributed by atoms with Crippen LogP contribution in [0.4, 0.5) is 5.82 Å². The van der Waals surface area contributed by atoms with Crippen molar-refractivity contribution in [2.24, 2.45) is 11.7 Å². The molecule has 182 valence electrons. The first-order chi connectivity index (χ1) is 16.5. The fourth-order valence-electron chi connectivity index (χ4n) is 5.61. The van der Waals surface area contributed by atoms with Crippen LogP contribution in [0.2, 0.25) is 0 Å². The molecule has 3 aliphatic rings. The Hall–Kier alpha value is -3.01. The van der Waals surface area contributed by atoms with Crippen molar-refractivity contribution in [3.8, 4) is 11.4 Å². The Morgan fingerprint density at radius 3 is 2.53 bits per heavy atom. The zero-order chi connectivity index (χ0) is 23.7. The van der Waals surface area contributed by atoms with Gasteiger partial charge in [-0.15, -0.1) is 0 Å². The number of hydrogen-bond acceptors (Lipinski definition) is 8. The minimum atomic E-state index is -0.217. The van der Waals surface area contributed by atoms with E-state index in [1.54, 1.807) is 13.1 Å². The molecule has 2 aromatic heterocycles. The molecule has 1 atom stereocenters. The molecule has 34 heavy (non-hydrogen) atoms. The standard InChI is InChI=1S/C24H33N7O3/c1-16(32)29-13-7-19(8-14-29)31-10-2-3-20(31)24-27-23(28-34-24)18-4-9-26-21(15-18)30-11-5-17(6-12-30)22(25)33/h4,9,15,17,19-20H,2-3,5-8,10-14H2,1H3,(H2,25,33)/t20-/m0/s1. The van der Waals surface area contributed by atoms with E-state index in [1.165, 1.54) is 0 Å². The Morgan fingerprint density at radius 2 is 1.82 bits per heavy atom. The van der Waals surface area contributed by atoms with E-state index in [0.29, 0.717) is 17.8 Å². The van der Waals surface area contributed by atoms with Crippen LogP contribution in [-0.2, 0) is 9.59 Å². The second-order valence-corrected chi connectivity index (χ2v) is 9.66. The van der Waals surface area contributed by atoms with Crippen molar-refractivity contribution in [3.63, 3.8) is 0 Å². The maximum atomic E-state index is 11.7. The summed E-state index contributed by atoms with van der Waals surface area (Å²) in [5.74, 6) is 1.98. The molecule has 2 N–H and O–H groups in total. The number of piperidine rings is 2. The zero-order valence-corrected chi connectivity index (χ0v) is 19.7. The van der Waals surface area contributed by atoms with E-state index in [2.05, 4.69) is 19.9 Å². The summed E-state index contributed by atoms with van der Waals surface area (Å²) < 4.78 is 5.76. The van der Waals surface area contributed by atoms with Gasteiger partial charge in [0.05, 0.1) is 6.04 Å². The highest BCUT2D eigenvalue weighted by atomic mass is 16.5. The Kier molecular flexibility index (Phi) is 6.49. The van der Waals surface area contributed by atoms with Gasteiger partial charge in [-0.25, -0.2) is 4.98 Å². The number of rotatable bonds is 5. The Bertz CT molecular complexity index is 1030. The van der Waals surface area contributed by atoms with Gasteiger partial charge in [-0.2, -0.15) is 4.98 Å². The number of primary amides is 1. The van der Waals surface area contributed by atoms with Crippen molar-refractivity contribution in [1.29, 1.82) is 0 Å². The van der Waals surface area contributed by atoms with Crippen LogP contribution in [0.15, 0.2) is 22.9 Å². The molecule has 0 radical (unpaired) electrons. The summed E-state index contributed by atoms with van der Waals surface area (Å²) >= 11 is 0. The van der Waals surface area contributed by atoms with Crippen LogP contribution >= 0.6 is 0 Å². The van der Waals surface area contributed by atoms with E-state index in [-0.39, 0.29) is 23.8 Å². The maximum absolute atomic E-state index is 11.7. The lowest BCUT2D eigenvalue weighted by Crippen LogP contribution is -2.46. The minimum absolute atomic E-state index is 0.0525. The number of carbonyl (C=O) groups is 2. The first kappa shape index (κ1) is 22.8. The fourth-order valence-corrected chi connectivity index (χ4v) is 5.61. The summed E-state index contributed by atoms with van der Waals surface area (Å²) in [6.45, 7) is 5.80. The van der Waals surface area contributed by atoms with Gasteiger partial charge in [0.2, 0.25) is 23.5 Å². The van der Waals surface area contributed by atoms with Gasteiger partial charge in [0.15, 0.2) is 0 Å². The number of pyridine rings is 1. The van der Waals surface area contributed by atoms with Crippen LogP contribution in [-0.4, -0.2) is 75.5 Å². The predicted octanol–water partition coefficient (Wildman–Crippen LogP) is 1.98. The normalized spacial score (nSPS) is 22.9. The molecular formula is C24H33N7O3. The Labute approximate surface area is 199 Å². The smallest absolute Gasteiger partial charge is 0.244 e. The summed E-state index contributed by atoms with van der Waals surface area (Å²) in [7, 11) is 0. The van der Waals surface area contributed by atoms with Crippen LogP contribution < -0.4 is 10.6 Å². The summed E-state index contributed by atoms with van der Waals surface area (Å²) in [5, 5.41) is 4.29. The molecular weight excluding hydrogens is 434 g/mol. The molecule has 2 aromatic rings. The molecule has 5 rings (SSSR count). The van der Waals surface area contributed by atoms with Crippen molar-refractivity contribution < 1.29 is 14.1 Å². The highest BCUT2D eigenvalue weighted by Crippen LogP contribution is 2.36. The lowest BCUT2D eigenvalue weighted by atomic mass is 9.96. The van der Waals surface area contributed by atoms with E-state index in [1.807, 2.05) is 17.0 Å². The lowest BCUT2D eigenvalue weighted by molar-refractivity contribution is -0.130. The molecule has 10 nitrogen and oxygen atoms in total. The van der Waals surface area contributed by atoms with E-state index >= 15 is 0 Å². The molecule has 0 bridgehead atoms. The molecule has 3 saturated heterocycles. The van der Waals surface area contributed by atoms with Crippen LogP contribution in [0, 0.1) is 5.92 Å². The number of hydrogen-bond donors (Lipinski definition) is 1. The van der Waals surface area contributed by atoms with E-state index in [0.717, 1.165) is 82.6 Å². The molecule has 3 aliphatic heterocycles. The lowest BCUT2D eigenvalue weighted by Gasteiger charge is -2.38. The maximum Gasteiger partial charge on any atom is 0.244 e. The van der Waals surface area contributed by atoms with E-state index in [9.17, 15) is 9.59 Å². The molecule has 10 heteroatoms. The van der Waals surface area contributed by atoms with E-state index < -0.39 is 0 Å². The third kappa shape index (κ3) is 4.64. The van der Waals surface area contributed by atoms with Crippen LogP contribution in [0.1, 0.15) is 57.4 Å². The average molecular weight is 468 g/mol. The minimum Gasteiger partial charge on any atom is -0.369 e. The summed E-state index contributed by atoms with van der Waals surface area (Å²) in [5.41, 5.74) is 6.33. The second kappa shape index (κ2) is 9.69. The van der Waals surface area contributed by atoms with Gasteiger partial charge in [-0.1, -0.05) is 5.16 Å². The van der Waals surface area contributed by atoms with Crippen molar-refractivity contribution in [1.82, 2.24) is 24.9 Å². The Balaban J connectivity index is 1.26. The molecule has 3 fully saturated rings. The topological polar surface area (TPSA) is 122 Å². The largest absolute Gasteiger partial charge is 0.369 e.